The van der Waals surface area contributed by atoms with Crippen molar-refractivity contribution in [2.24, 2.45) is 0 Å². The fraction of sp³-hybridized carbons (Fsp3) is 0.478. The number of carbonyl (C=O) groups is 1. The van der Waals surface area contributed by atoms with Crippen LogP contribution in [0.4, 0.5) is 0 Å². The van der Waals surface area contributed by atoms with E-state index in [2.05, 4.69) is 27.3 Å². The maximum absolute atomic E-state index is 12.8. The van der Waals surface area contributed by atoms with Gasteiger partial charge in [0.25, 0.3) is 5.91 Å². The maximum atomic E-state index is 12.8. The van der Waals surface area contributed by atoms with Crippen molar-refractivity contribution in [3.05, 3.63) is 59.9 Å². The Kier molecular flexibility index (Phi) is 10.5. The average molecular weight is 467 g/mol. The minimum Gasteiger partial charge on any atom is -0.490 e. The van der Waals surface area contributed by atoms with E-state index in [-0.39, 0.29) is 36.8 Å². The Labute approximate surface area is 197 Å². The molecule has 8 heteroatoms. The van der Waals surface area contributed by atoms with Crippen LogP contribution in [0.2, 0.25) is 0 Å². The maximum Gasteiger partial charge on any atom is 0.254 e. The fourth-order valence-electron chi connectivity index (χ4n) is 4.06. The highest BCUT2D eigenvalue weighted by molar-refractivity contribution is 5.94. The highest BCUT2D eigenvalue weighted by Gasteiger charge is 2.22. The van der Waals surface area contributed by atoms with Crippen LogP contribution in [0.15, 0.2) is 48.8 Å². The number of nitrogens with zero attached hydrogens (tertiary/aromatic N) is 3. The van der Waals surface area contributed by atoms with E-state index in [0.29, 0.717) is 0 Å². The summed E-state index contributed by atoms with van der Waals surface area (Å²) in [6.45, 7) is 6.42. The Hall–Kier alpha value is -1.86. The standard InChI is InChI=1S/C23H30N4O2.2ClH/c28-23(27-13-2-9-24-12-16-27)20-3-1-4-22(17-20)29-21-7-14-26(15-8-21)18-19-5-10-25-11-6-19;;/h1,3-6,10-11,17,21,24H,2,7-9,12-16,18H2;2*1H. The van der Waals surface area contributed by atoms with Gasteiger partial charge in [-0.15, -0.1) is 24.8 Å². The summed E-state index contributed by atoms with van der Waals surface area (Å²) in [7, 11) is 0. The molecule has 0 unspecified atom stereocenters. The number of rotatable bonds is 5. The van der Waals surface area contributed by atoms with Gasteiger partial charge in [0.1, 0.15) is 11.9 Å². The molecular formula is C23H32Cl2N4O2. The number of nitrogens with one attached hydrogen (secondary N) is 1. The smallest absolute Gasteiger partial charge is 0.254 e. The predicted molar refractivity (Wildman–Crippen MR) is 127 cm³/mol. The third-order valence-electron chi connectivity index (χ3n) is 5.70. The number of aromatic nitrogens is 1. The topological polar surface area (TPSA) is 57.7 Å². The van der Waals surface area contributed by atoms with Crippen molar-refractivity contribution in [3.63, 3.8) is 0 Å². The van der Waals surface area contributed by atoms with Crippen LogP contribution < -0.4 is 10.1 Å². The van der Waals surface area contributed by atoms with E-state index in [4.69, 9.17) is 4.74 Å². The molecule has 4 rings (SSSR count). The molecule has 2 fully saturated rings. The molecule has 2 aliphatic rings. The third kappa shape index (κ3) is 7.35. The van der Waals surface area contributed by atoms with Crippen LogP contribution in [0.1, 0.15) is 35.2 Å². The van der Waals surface area contributed by atoms with Crippen molar-refractivity contribution in [1.29, 1.82) is 0 Å². The Morgan fingerprint density at radius 1 is 1.03 bits per heavy atom. The summed E-state index contributed by atoms with van der Waals surface area (Å²) in [4.78, 5) is 21.3. The number of benzene rings is 1. The molecule has 1 amide bonds. The van der Waals surface area contributed by atoms with Crippen LogP contribution in [0.3, 0.4) is 0 Å². The van der Waals surface area contributed by atoms with Gasteiger partial charge < -0.3 is 15.0 Å². The highest BCUT2D eigenvalue weighted by Crippen LogP contribution is 2.22. The Morgan fingerprint density at radius 3 is 2.58 bits per heavy atom. The lowest BCUT2D eigenvalue weighted by atomic mass is 10.1. The van der Waals surface area contributed by atoms with Gasteiger partial charge in [0.05, 0.1) is 0 Å². The molecule has 0 bridgehead atoms. The number of carbonyl (C=O) groups excluding carboxylic acids is 1. The number of halogens is 2. The van der Waals surface area contributed by atoms with Gasteiger partial charge in [-0.3, -0.25) is 14.7 Å². The van der Waals surface area contributed by atoms with Crippen molar-refractivity contribution < 1.29 is 9.53 Å². The first-order chi connectivity index (χ1) is 14.3. The van der Waals surface area contributed by atoms with Gasteiger partial charge in [0, 0.05) is 57.2 Å². The van der Waals surface area contributed by atoms with Gasteiger partial charge in [0.2, 0.25) is 0 Å². The second kappa shape index (κ2) is 12.9. The molecule has 2 saturated heterocycles. The van der Waals surface area contributed by atoms with Gasteiger partial charge in [-0.1, -0.05) is 6.07 Å². The third-order valence-corrected chi connectivity index (χ3v) is 5.70. The second-order valence-electron chi connectivity index (χ2n) is 7.87. The highest BCUT2D eigenvalue weighted by atomic mass is 35.5. The van der Waals surface area contributed by atoms with Gasteiger partial charge in [-0.05, 0) is 61.7 Å². The zero-order valence-electron chi connectivity index (χ0n) is 17.7. The summed E-state index contributed by atoms with van der Waals surface area (Å²) in [6.07, 6.45) is 6.90. The normalized spacial score (nSPS) is 17.7. The molecular weight excluding hydrogens is 435 g/mol. The number of ether oxygens (including phenoxy) is 1. The summed E-state index contributed by atoms with van der Waals surface area (Å²) in [5, 5.41) is 3.34. The minimum atomic E-state index is 0. The van der Waals surface area contributed by atoms with E-state index < -0.39 is 0 Å². The van der Waals surface area contributed by atoms with Crippen molar-refractivity contribution in [3.8, 4) is 5.75 Å². The number of likely N-dealkylation sites (tertiary alicyclic amines) is 1. The molecule has 1 N–H and O–H groups in total. The number of hydrogen-bond donors (Lipinski definition) is 1. The van der Waals surface area contributed by atoms with Gasteiger partial charge in [0.15, 0.2) is 0 Å². The van der Waals surface area contributed by atoms with Crippen molar-refractivity contribution in [2.75, 3.05) is 39.3 Å². The minimum absolute atomic E-state index is 0. The second-order valence-corrected chi connectivity index (χ2v) is 7.87. The molecule has 6 nitrogen and oxygen atoms in total. The number of piperidine rings is 1. The quantitative estimate of drug-likeness (QED) is 0.731. The SMILES string of the molecule is Cl.Cl.O=C(c1cccc(OC2CCN(Cc3ccncc3)CC2)c1)N1CCCNCC1. The van der Waals surface area contributed by atoms with Gasteiger partial charge in [-0.2, -0.15) is 0 Å². The molecule has 2 aliphatic heterocycles. The van der Waals surface area contributed by atoms with Crippen LogP contribution in [0.25, 0.3) is 0 Å². The molecule has 1 aromatic heterocycles. The lowest BCUT2D eigenvalue weighted by Crippen LogP contribution is -2.37. The van der Waals surface area contributed by atoms with E-state index in [0.717, 1.165) is 76.4 Å². The number of hydrogen-bond acceptors (Lipinski definition) is 5. The molecule has 0 atom stereocenters. The molecule has 0 saturated carbocycles. The largest absolute Gasteiger partial charge is 0.490 e. The molecule has 2 aromatic rings. The molecule has 1 aromatic carbocycles. The van der Waals surface area contributed by atoms with Crippen molar-refractivity contribution in [2.45, 2.75) is 31.9 Å². The van der Waals surface area contributed by atoms with Crippen LogP contribution >= 0.6 is 24.8 Å². The lowest BCUT2D eigenvalue weighted by molar-refractivity contribution is 0.0763. The van der Waals surface area contributed by atoms with E-state index >= 15 is 0 Å². The number of pyridine rings is 1. The number of amides is 1. The predicted octanol–water partition coefficient (Wildman–Crippen LogP) is 3.40. The average Bonchev–Trinajstić information content (AvgIpc) is 3.05. The monoisotopic (exact) mass is 466 g/mol. The van der Waals surface area contributed by atoms with E-state index in [1.807, 2.05) is 41.6 Å². The Morgan fingerprint density at radius 2 is 1.81 bits per heavy atom. The molecule has 0 spiro atoms. The summed E-state index contributed by atoms with van der Waals surface area (Å²) in [5.41, 5.74) is 2.02. The van der Waals surface area contributed by atoms with Gasteiger partial charge >= 0.3 is 0 Å². The van der Waals surface area contributed by atoms with Gasteiger partial charge in [-0.25, -0.2) is 0 Å². The molecule has 0 aliphatic carbocycles. The summed E-state index contributed by atoms with van der Waals surface area (Å²) in [5.74, 6) is 0.905. The zero-order chi connectivity index (χ0) is 19.9. The molecule has 0 radical (unpaired) electrons. The lowest BCUT2D eigenvalue weighted by Gasteiger charge is -2.32. The first-order valence-electron chi connectivity index (χ1n) is 10.7. The Bertz CT molecular complexity index is 793. The summed E-state index contributed by atoms with van der Waals surface area (Å²) in [6, 6.07) is 11.8. The van der Waals surface area contributed by atoms with Crippen LogP contribution in [-0.2, 0) is 6.54 Å². The Balaban J connectivity index is 0.00000171. The van der Waals surface area contributed by atoms with E-state index in [1.54, 1.807) is 0 Å². The molecule has 170 valence electrons. The zero-order valence-corrected chi connectivity index (χ0v) is 19.4. The van der Waals surface area contributed by atoms with E-state index in [1.165, 1.54) is 5.56 Å². The van der Waals surface area contributed by atoms with Crippen molar-refractivity contribution >= 4 is 30.7 Å². The first-order valence-corrected chi connectivity index (χ1v) is 10.7. The van der Waals surface area contributed by atoms with Crippen LogP contribution in [0, 0.1) is 0 Å². The molecule has 3 heterocycles. The van der Waals surface area contributed by atoms with Crippen molar-refractivity contribution in [1.82, 2.24) is 20.1 Å². The first kappa shape index (κ1) is 25.4. The van der Waals surface area contributed by atoms with E-state index in [9.17, 15) is 4.79 Å². The van der Waals surface area contributed by atoms with Crippen LogP contribution in [0.5, 0.6) is 5.75 Å². The van der Waals surface area contributed by atoms with Crippen LogP contribution in [-0.4, -0.2) is 66.1 Å². The fourth-order valence-corrected chi connectivity index (χ4v) is 4.06. The molecule has 31 heavy (non-hydrogen) atoms. The summed E-state index contributed by atoms with van der Waals surface area (Å²) < 4.78 is 6.24. The summed E-state index contributed by atoms with van der Waals surface area (Å²) >= 11 is 0.